The first kappa shape index (κ1) is 11.7. The standard InChI is InChI=1S/C14H16N2OS/c1-8-3-4-9(2)14-12(8)13-10(5-6-17-14)18-11(7-15)16-13/h3-4H,5-7,15H2,1-2H3. The molecule has 2 aromatic rings. The monoisotopic (exact) mass is 260 g/mol. The van der Waals surface area contributed by atoms with Crippen molar-refractivity contribution >= 4 is 11.3 Å². The van der Waals surface area contributed by atoms with Gasteiger partial charge < -0.3 is 10.5 Å². The summed E-state index contributed by atoms with van der Waals surface area (Å²) in [6.07, 6.45) is 0.917. The maximum absolute atomic E-state index is 5.91. The van der Waals surface area contributed by atoms with Gasteiger partial charge in [-0.05, 0) is 25.0 Å². The summed E-state index contributed by atoms with van der Waals surface area (Å²) in [5, 5.41) is 1.01. The second-order valence-electron chi connectivity index (χ2n) is 4.59. The fraction of sp³-hybridized carbons (Fsp3) is 0.357. The van der Waals surface area contributed by atoms with Crippen molar-refractivity contribution in [2.75, 3.05) is 6.61 Å². The molecule has 2 N–H and O–H groups in total. The van der Waals surface area contributed by atoms with Crippen LogP contribution in [0.5, 0.6) is 5.75 Å². The van der Waals surface area contributed by atoms with Crippen molar-refractivity contribution in [2.45, 2.75) is 26.8 Å². The molecule has 3 nitrogen and oxygen atoms in total. The molecular formula is C14H16N2OS. The minimum atomic E-state index is 0.513. The van der Waals surface area contributed by atoms with E-state index in [1.54, 1.807) is 11.3 Å². The van der Waals surface area contributed by atoms with Gasteiger partial charge in [0.25, 0.3) is 0 Å². The number of ether oxygens (including phenoxy) is 1. The molecule has 94 valence electrons. The van der Waals surface area contributed by atoms with Crippen LogP contribution in [0.15, 0.2) is 12.1 Å². The molecule has 4 heteroatoms. The number of aromatic nitrogens is 1. The number of hydrogen-bond donors (Lipinski definition) is 1. The van der Waals surface area contributed by atoms with E-state index >= 15 is 0 Å². The number of thiazole rings is 1. The van der Waals surface area contributed by atoms with E-state index in [-0.39, 0.29) is 0 Å². The first-order valence-electron chi connectivity index (χ1n) is 6.12. The minimum absolute atomic E-state index is 0.513. The van der Waals surface area contributed by atoms with Crippen LogP contribution in [-0.2, 0) is 13.0 Å². The molecule has 1 aromatic heterocycles. The number of rotatable bonds is 1. The smallest absolute Gasteiger partial charge is 0.131 e. The van der Waals surface area contributed by atoms with Crippen molar-refractivity contribution in [1.29, 1.82) is 0 Å². The molecular weight excluding hydrogens is 244 g/mol. The molecule has 0 radical (unpaired) electrons. The molecule has 1 aliphatic heterocycles. The lowest BCUT2D eigenvalue weighted by atomic mass is 10.0. The number of nitrogens with two attached hydrogens (primary N) is 1. The molecule has 0 bridgehead atoms. The molecule has 1 aromatic carbocycles. The van der Waals surface area contributed by atoms with Gasteiger partial charge in [0.05, 0.1) is 12.3 Å². The van der Waals surface area contributed by atoms with Gasteiger partial charge in [-0.25, -0.2) is 4.98 Å². The molecule has 0 aliphatic carbocycles. The second-order valence-corrected chi connectivity index (χ2v) is 5.75. The highest BCUT2D eigenvalue weighted by Gasteiger charge is 2.22. The maximum atomic E-state index is 5.91. The molecule has 2 heterocycles. The van der Waals surface area contributed by atoms with E-state index in [0.717, 1.165) is 35.0 Å². The zero-order valence-corrected chi connectivity index (χ0v) is 11.4. The lowest BCUT2D eigenvalue weighted by Gasteiger charge is -2.12. The normalized spacial score (nSPS) is 13.5. The van der Waals surface area contributed by atoms with Crippen LogP contribution in [0, 0.1) is 13.8 Å². The molecule has 1 aliphatic rings. The van der Waals surface area contributed by atoms with Crippen LogP contribution in [0.2, 0.25) is 0 Å². The Hall–Kier alpha value is -1.39. The van der Waals surface area contributed by atoms with Crippen LogP contribution in [0.1, 0.15) is 21.0 Å². The quantitative estimate of drug-likeness (QED) is 0.857. The lowest BCUT2D eigenvalue weighted by Crippen LogP contribution is -2.00. The predicted octanol–water partition coefficient (Wildman–Crippen LogP) is 2.82. The van der Waals surface area contributed by atoms with E-state index < -0.39 is 0 Å². The number of aryl methyl sites for hydroxylation is 2. The Morgan fingerprint density at radius 1 is 1.33 bits per heavy atom. The van der Waals surface area contributed by atoms with Crippen LogP contribution < -0.4 is 10.5 Å². The summed E-state index contributed by atoms with van der Waals surface area (Å²) >= 11 is 1.71. The van der Waals surface area contributed by atoms with Crippen LogP contribution in [0.3, 0.4) is 0 Å². The molecule has 18 heavy (non-hydrogen) atoms. The Morgan fingerprint density at radius 2 is 2.11 bits per heavy atom. The van der Waals surface area contributed by atoms with Gasteiger partial charge in [-0.2, -0.15) is 0 Å². The number of benzene rings is 1. The van der Waals surface area contributed by atoms with Gasteiger partial charge in [0.15, 0.2) is 0 Å². The number of hydrogen-bond acceptors (Lipinski definition) is 4. The van der Waals surface area contributed by atoms with E-state index in [4.69, 9.17) is 10.5 Å². The summed E-state index contributed by atoms with van der Waals surface area (Å²) in [6, 6.07) is 4.24. The predicted molar refractivity (Wildman–Crippen MR) is 74.1 cm³/mol. The van der Waals surface area contributed by atoms with E-state index in [0.29, 0.717) is 6.54 Å². The van der Waals surface area contributed by atoms with Gasteiger partial charge in [0.1, 0.15) is 10.8 Å². The van der Waals surface area contributed by atoms with Gasteiger partial charge in [0.2, 0.25) is 0 Å². The van der Waals surface area contributed by atoms with Crippen molar-refractivity contribution in [2.24, 2.45) is 5.73 Å². The zero-order chi connectivity index (χ0) is 12.7. The Bertz CT molecular complexity index is 604. The van der Waals surface area contributed by atoms with Gasteiger partial charge in [-0.15, -0.1) is 11.3 Å². The number of nitrogens with zero attached hydrogens (tertiary/aromatic N) is 1. The largest absolute Gasteiger partial charge is 0.492 e. The fourth-order valence-corrected chi connectivity index (χ4v) is 3.30. The van der Waals surface area contributed by atoms with Crippen molar-refractivity contribution < 1.29 is 4.74 Å². The third-order valence-electron chi connectivity index (χ3n) is 3.29. The fourth-order valence-electron chi connectivity index (χ4n) is 2.36. The Kier molecular flexibility index (Phi) is 2.84. The van der Waals surface area contributed by atoms with Crippen molar-refractivity contribution in [3.8, 4) is 17.0 Å². The highest BCUT2D eigenvalue weighted by Crippen LogP contribution is 2.41. The van der Waals surface area contributed by atoms with Crippen LogP contribution in [0.4, 0.5) is 0 Å². The summed E-state index contributed by atoms with van der Waals surface area (Å²) in [5.74, 6) is 0.989. The SMILES string of the molecule is Cc1ccc(C)c2c1OCCc1sc(CN)nc1-2. The third-order valence-corrected chi connectivity index (χ3v) is 4.43. The van der Waals surface area contributed by atoms with Crippen LogP contribution in [0.25, 0.3) is 11.3 Å². The Morgan fingerprint density at radius 3 is 2.89 bits per heavy atom. The first-order chi connectivity index (χ1) is 8.70. The molecule has 0 unspecified atom stereocenters. The summed E-state index contributed by atoms with van der Waals surface area (Å²) in [7, 11) is 0. The van der Waals surface area contributed by atoms with Crippen LogP contribution >= 0.6 is 11.3 Å². The van der Waals surface area contributed by atoms with Gasteiger partial charge in [-0.3, -0.25) is 0 Å². The van der Waals surface area contributed by atoms with Crippen LogP contribution in [-0.4, -0.2) is 11.6 Å². The molecule has 0 saturated heterocycles. The van der Waals surface area contributed by atoms with Gasteiger partial charge in [0, 0.05) is 23.4 Å². The molecule has 0 spiro atoms. The zero-order valence-electron chi connectivity index (χ0n) is 10.6. The summed E-state index contributed by atoms with van der Waals surface area (Å²) in [6.45, 7) is 5.42. The van der Waals surface area contributed by atoms with E-state index in [9.17, 15) is 0 Å². The van der Waals surface area contributed by atoms with E-state index in [2.05, 4.69) is 31.0 Å². The van der Waals surface area contributed by atoms with Gasteiger partial charge >= 0.3 is 0 Å². The highest BCUT2D eigenvalue weighted by atomic mass is 32.1. The van der Waals surface area contributed by atoms with Crippen molar-refractivity contribution in [1.82, 2.24) is 4.98 Å². The number of fused-ring (bicyclic) bond motifs is 3. The van der Waals surface area contributed by atoms with Crippen molar-refractivity contribution in [3.05, 3.63) is 33.1 Å². The molecule has 0 saturated carbocycles. The van der Waals surface area contributed by atoms with Gasteiger partial charge in [-0.1, -0.05) is 12.1 Å². The summed E-state index contributed by atoms with van der Waals surface area (Å²) < 4.78 is 5.91. The average Bonchev–Trinajstić information content (AvgIpc) is 2.68. The minimum Gasteiger partial charge on any atom is -0.492 e. The third kappa shape index (κ3) is 1.72. The molecule has 3 rings (SSSR count). The molecule has 0 amide bonds. The highest BCUT2D eigenvalue weighted by molar-refractivity contribution is 7.12. The molecule has 0 fully saturated rings. The first-order valence-corrected chi connectivity index (χ1v) is 6.94. The van der Waals surface area contributed by atoms with E-state index in [1.165, 1.54) is 16.0 Å². The summed E-state index contributed by atoms with van der Waals surface area (Å²) in [5.41, 5.74) is 10.3. The van der Waals surface area contributed by atoms with E-state index in [1.807, 2.05) is 0 Å². The topological polar surface area (TPSA) is 48.1 Å². The average molecular weight is 260 g/mol. The Labute approximate surface area is 111 Å². The lowest BCUT2D eigenvalue weighted by molar-refractivity contribution is 0.325. The second kappa shape index (κ2) is 4.37. The summed E-state index contributed by atoms with van der Waals surface area (Å²) in [4.78, 5) is 5.98. The van der Waals surface area contributed by atoms with Crippen molar-refractivity contribution in [3.63, 3.8) is 0 Å². The molecule has 0 atom stereocenters. The Balaban J connectivity index is 2.29. The maximum Gasteiger partial charge on any atom is 0.131 e.